The van der Waals surface area contributed by atoms with Crippen molar-refractivity contribution in [1.82, 2.24) is 9.88 Å². The molecule has 2 aromatic heterocycles. The van der Waals surface area contributed by atoms with E-state index in [1.54, 1.807) is 17.4 Å². The Morgan fingerprint density at radius 3 is 2.17 bits per heavy atom. The van der Waals surface area contributed by atoms with Gasteiger partial charge in [0.15, 0.2) is 0 Å². The topological polar surface area (TPSA) is 55.6 Å². The molecule has 5 rings (SSSR count). The smallest absolute Gasteiger partial charge is 0.235 e. The highest BCUT2D eigenvalue weighted by Crippen LogP contribution is 2.44. The zero-order valence-corrected chi connectivity index (χ0v) is 16.3. The van der Waals surface area contributed by atoms with Gasteiger partial charge >= 0.3 is 0 Å². The van der Waals surface area contributed by atoms with Gasteiger partial charge in [-0.15, -0.1) is 0 Å². The van der Waals surface area contributed by atoms with E-state index in [4.69, 9.17) is 9.15 Å². The summed E-state index contributed by atoms with van der Waals surface area (Å²) in [6.45, 7) is 0.756. The van der Waals surface area contributed by atoms with Gasteiger partial charge in [0, 0.05) is 17.3 Å². The van der Waals surface area contributed by atoms with E-state index in [-0.39, 0.29) is 5.91 Å². The lowest BCUT2D eigenvalue weighted by Gasteiger charge is -2.31. The average Bonchev–Trinajstić information content (AvgIpc) is 3.30. The number of furan rings is 1. The van der Waals surface area contributed by atoms with Gasteiger partial charge in [-0.1, -0.05) is 42.5 Å². The lowest BCUT2D eigenvalue weighted by atomic mass is 9.86. The van der Waals surface area contributed by atoms with Crippen LogP contribution in [0.25, 0.3) is 0 Å². The third-order valence-electron chi connectivity index (χ3n) is 5.24. The second kappa shape index (κ2) is 7.87. The van der Waals surface area contributed by atoms with Crippen LogP contribution in [0.4, 0.5) is 0 Å². The molecule has 1 aliphatic heterocycles. The lowest BCUT2D eigenvalue weighted by Crippen LogP contribution is -2.36. The number of aromatic nitrogens is 1. The molecule has 0 saturated carbocycles. The van der Waals surface area contributed by atoms with E-state index < -0.39 is 5.92 Å². The molecule has 30 heavy (non-hydrogen) atoms. The van der Waals surface area contributed by atoms with Gasteiger partial charge in [0.25, 0.3) is 0 Å². The third-order valence-corrected chi connectivity index (χ3v) is 5.24. The second-order valence-corrected chi connectivity index (χ2v) is 7.21. The Bertz CT molecular complexity index is 1110. The maximum Gasteiger partial charge on any atom is 0.235 e. The SMILES string of the molecule is O=C(C1c2ccccc2Oc2ccccc21)N(Cc1ccccn1)Cc1ccco1. The van der Waals surface area contributed by atoms with Crippen molar-refractivity contribution in [3.63, 3.8) is 0 Å². The van der Waals surface area contributed by atoms with Crippen molar-refractivity contribution in [2.45, 2.75) is 19.0 Å². The third kappa shape index (κ3) is 3.46. The molecule has 0 spiro atoms. The Hall–Kier alpha value is -3.86. The summed E-state index contributed by atoms with van der Waals surface area (Å²) in [5, 5.41) is 0. The van der Waals surface area contributed by atoms with Gasteiger partial charge < -0.3 is 14.1 Å². The van der Waals surface area contributed by atoms with E-state index in [0.29, 0.717) is 24.6 Å². The van der Waals surface area contributed by atoms with Gasteiger partial charge in [-0.25, -0.2) is 0 Å². The first-order chi connectivity index (χ1) is 14.8. The molecule has 0 aliphatic carbocycles. The van der Waals surface area contributed by atoms with Gasteiger partial charge in [0.05, 0.1) is 31.0 Å². The van der Waals surface area contributed by atoms with Crippen molar-refractivity contribution < 1.29 is 13.9 Å². The highest BCUT2D eigenvalue weighted by Gasteiger charge is 2.35. The molecular weight excluding hydrogens is 376 g/mol. The molecular formula is C25H20N2O3. The average molecular weight is 396 g/mol. The summed E-state index contributed by atoms with van der Waals surface area (Å²) in [6, 6.07) is 24.9. The fourth-order valence-electron chi connectivity index (χ4n) is 3.85. The van der Waals surface area contributed by atoms with Gasteiger partial charge in [-0.05, 0) is 36.4 Å². The van der Waals surface area contributed by atoms with Gasteiger partial charge in [-0.2, -0.15) is 0 Å². The summed E-state index contributed by atoms with van der Waals surface area (Å²) in [5.74, 6) is 1.69. The number of amides is 1. The molecule has 1 aliphatic rings. The van der Waals surface area contributed by atoms with E-state index in [1.807, 2.05) is 78.9 Å². The van der Waals surface area contributed by atoms with E-state index in [9.17, 15) is 4.79 Å². The normalized spacial score (nSPS) is 12.5. The highest BCUT2D eigenvalue weighted by molar-refractivity contribution is 5.89. The maximum atomic E-state index is 14.0. The predicted octanol–water partition coefficient (Wildman–Crippen LogP) is 5.14. The van der Waals surface area contributed by atoms with Crippen LogP contribution in [0.15, 0.2) is 95.7 Å². The molecule has 5 nitrogen and oxygen atoms in total. The Morgan fingerprint density at radius 2 is 1.53 bits per heavy atom. The van der Waals surface area contributed by atoms with Crippen LogP contribution in [0.1, 0.15) is 28.5 Å². The highest BCUT2D eigenvalue weighted by atomic mass is 16.5. The number of carbonyl (C=O) groups is 1. The number of para-hydroxylation sites is 2. The van der Waals surface area contributed by atoms with Crippen LogP contribution in [0.2, 0.25) is 0 Å². The molecule has 3 heterocycles. The molecule has 0 fully saturated rings. The molecule has 0 bridgehead atoms. The number of fused-ring (bicyclic) bond motifs is 2. The van der Waals surface area contributed by atoms with Crippen LogP contribution in [0.3, 0.4) is 0 Å². The number of nitrogens with zero attached hydrogens (tertiary/aromatic N) is 2. The number of pyridine rings is 1. The van der Waals surface area contributed by atoms with Gasteiger partial charge in [0.2, 0.25) is 5.91 Å². The van der Waals surface area contributed by atoms with Crippen molar-refractivity contribution in [3.8, 4) is 11.5 Å². The van der Waals surface area contributed by atoms with Gasteiger partial charge in [0.1, 0.15) is 17.3 Å². The van der Waals surface area contributed by atoms with Crippen LogP contribution in [-0.4, -0.2) is 15.8 Å². The lowest BCUT2D eigenvalue weighted by molar-refractivity contribution is -0.133. The van der Waals surface area contributed by atoms with E-state index >= 15 is 0 Å². The number of benzene rings is 2. The van der Waals surface area contributed by atoms with Crippen LogP contribution >= 0.6 is 0 Å². The maximum absolute atomic E-state index is 14.0. The van der Waals surface area contributed by atoms with E-state index in [1.165, 1.54) is 0 Å². The summed E-state index contributed by atoms with van der Waals surface area (Å²) in [6.07, 6.45) is 3.36. The standard InChI is InChI=1S/C25H20N2O3/c28-25(27(17-19-9-7-15-29-19)16-18-8-5-6-14-26-18)24-20-10-1-3-12-22(20)30-23-13-4-2-11-21(23)24/h1-15,24H,16-17H2. The first-order valence-electron chi connectivity index (χ1n) is 9.86. The Labute approximate surface area is 174 Å². The first-order valence-corrected chi connectivity index (χ1v) is 9.86. The Morgan fingerprint density at radius 1 is 0.833 bits per heavy atom. The van der Waals surface area contributed by atoms with Crippen molar-refractivity contribution in [2.75, 3.05) is 0 Å². The second-order valence-electron chi connectivity index (χ2n) is 7.21. The van der Waals surface area contributed by atoms with Crippen LogP contribution in [0, 0.1) is 0 Å². The van der Waals surface area contributed by atoms with Crippen molar-refractivity contribution in [3.05, 3.63) is 114 Å². The van der Waals surface area contributed by atoms with Gasteiger partial charge in [-0.3, -0.25) is 9.78 Å². The minimum Gasteiger partial charge on any atom is -0.467 e. The molecule has 0 unspecified atom stereocenters. The molecule has 0 N–H and O–H groups in total. The van der Waals surface area contributed by atoms with Crippen molar-refractivity contribution in [2.24, 2.45) is 0 Å². The quantitative estimate of drug-likeness (QED) is 0.469. The molecule has 0 radical (unpaired) electrons. The number of hydrogen-bond donors (Lipinski definition) is 0. The Kier molecular flexibility index (Phi) is 4.77. The summed E-state index contributed by atoms with van der Waals surface area (Å²) >= 11 is 0. The zero-order valence-electron chi connectivity index (χ0n) is 16.3. The fourth-order valence-corrected chi connectivity index (χ4v) is 3.85. The van der Waals surface area contributed by atoms with E-state index in [0.717, 1.165) is 22.6 Å². The zero-order chi connectivity index (χ0) is 20.3. The fraction of sp³-hybridized carbons (Fsp3) is 0.120. The molecule has 4 aromatic rings. The number of carbonyl (C=O) groups excluding carboxylic acids is 1. The summed E-state index contributed by atoms with van der Waals surface area (Å²) in [7, 11) is 0. The van der Waals surface area contributed by atoms with Crippen molar-refractivity contribution >= 4 is 5.91 Å². The summed E-state index contributed by atoms with van der Waals surface area (Å²) in [5.41, 5.74) is 2.56. The van der Waals surface area contributed by atoms with Crippen LogP contribution in [-0.2, 0) is 17.9 Å². The largest absolute Gasteiger partial charge is 0.467 e. The summed E-state index contributed by atoms with van der Waals surface area (Å²) < 4.78 is 11.6. The number of rotatable bonds is 5. The molecule has 148 valence electrons. The summed E-state index contributed by atoms with van der Waals surface area (Å²) in [4.78, 5) is 20.2. The minimum atomic E-state index is -0.454. The Balaban J connectivity index is 1.56. The molecule has 2 aromatic carbocycles. The first kappa shape index (κ1) is 18.2. The minimum absolute atomic E-state index is 0.0137. The predicted molar refractivity (Wildman–Crippen MR) is 112 cm³/mol. The molecule has 5 heteroatoms. The van der Waals surface area contributed by atoms with Crippen LogP contribution in [0.5, 0.6) is 11.5 Å². The van der Waals surface area contributed by atoms with E-state index in [2.05, 4.69) is 4.98 Å². The van der Waals surface area contributed by atoms with Crippen LogP contribution < -0.4 is 4.74 Å². The van der Waals surface area contributed by atoms with Crippen molar-refractivity contribution in [1.29, 1.82) is 0 Å². The molecule has 0 saturated heterocycles. The number of ether oxygens (including phenoxy) is 1. The monoisotopic (exact) mass is 396 g/mol. The number of hydrogen-bond acceptors (Lipinski definition) is 4. The molecule has 1 amide bonds. The molecule has 0 atom stereocenters.